The molecule has 3 N–H and O–H groups in total. The Kier molecular flexibility index (Phi) is 2.36. The summed E-state index contributed by atoms with van der Waals surface area (Å²) in [5.74, 6) is -0.0662. The van der Waals surface area contributed by atoms with E-state index in [1.165, 1.54) is 0 Å². The number of nitrogen functional groups attached to an aromatic ring is 1. The number of aryl methyl sites for hydroxylation is 1. The van der Waals surface area contributed by atoms with Gasteiger partial charge in [-0.05, 0) is 18.6 Å². The summed E-state index contributed by atoms with van der Waals surface area (Å²) in [5.41, 5.74) is 8.11. The maximum Gasteiger partial charge on any atom is 0.229 e. The fourth-order valence-electron chi connectivity index (χ4n) is 1.96. The normalized spacial score (nSPS) is 21.1. The van der Waals surface area contributed by atoms with Gasteiger partial charge in [-0.25, -0.2) is 0 Å². The summed E-state index contributed by atoms with van der Waals surface area (Å²) in [6.45, 7) is 2.25. The summed E-state index contributed by atoms with van der Waals surface area (Å²) in [5, 5.41) is 9.41. The van der Waals surface area contributed by atoms with Crippen molar-refractivity contribution in [1.82, 2.24) is 0 Å². The Labute approximate surface area is 88.3 Å². The van der Waals surface area contributed by atoms with E-state index in [2.05, 4.69) is 0 Å². The Morgan fingerprint density at radius 2 is 2.27 bits per heavy atom. The van der Waals surface area contributed by atoms with Crippen LogP contribution in [-0.4, -0.2) is 23.7 Å². The number of hydrogen-bond donors (Lipinski definition) is 2. The maximum absolute atomic E-state index is 11.6. The monoisotopic (exact) mass is 206 g/mol. The summed E-state index contributed by atoms with van der Waals surface area (Å²) in [6, 6.07) is 5.52. The van der Waals surface area contributed by atoms with E-state index in [1.807, 2.05) is 19.1 Å². The minimum atomic E-state index is -0.573. The van der Waals surface area contributed by atoms with Crippen molar-refractivity contribution in [3.8, 4) is 0 Å². The molecule has 80 valence electrons. The van der Waals surface area contributed by atoms with Gasteiger partial charge in [-0.15, -0.1) is 0 Å². The fraction of sp³-hybridized carbons (Fsp3) is 0.364. The van der Waals surface area contributed by atoms with Gasteiger partial charge in [-0.1, -0.05) is 12.1 Å². The molecule has 1 saturated heterocycles. The molecule has 4 nitrogen and oxygen atoms in total. The lowest BCUT2D eigenvalue weighted by molar-refractivity contribution is -0.117. The topological polar surface area (TPSA) is 66.6 Å². The zero-order valence-electron chi connectivity index (χ0n) is 8.60. The van der Waals surface area contributed by atoms with Crippen molar-refractivity contribution in [2.45, 2.75) is 19.4 Å². The van der Waals surface area contributed by atoms with Crippen molar-refractivity contribution in [1.29, 1.82) is 0 Å². The van der Waals surface area contributed by atoms with Crippen LogP contribution in [0.5, 0.6) is 0 Å². The molecule has 0 radical (unpaired) electrons. The number of para-hydroxylation sites is 1. The Morgan fingerprint density at radius 3 is 2.80 bits per heavy atom. The van der Waals surface area contributed by atoms with Crippen LogP contribution in [-0.2, 0) is 4.79 Å². The van der Waals surface area contributed by atoms with Crippen molar-refractivity contribution in [2.24, 2.45) is 0 Å². The largest absolute Gasteiger partial charge is 0.397 e. The number of aliphatic hydroxyl groups is 1. The first-order valence-corrected chi connectivity index (χ1v) is 4.93. The number of carbonyl (C=O) groups excluding carboxylic acids is 1. The van der Waals surface area contributed by atoms with Crippen LogP contribution in [0.1, 0.15) is 12.0 Å². The van der Waals surface area contributed by atoms with Gasteiger partial charge in [0.25, 0.3) is 0 Å². The van der Waals surface area contributed by atoms with Crippen LogP contribution < -0.4 is 10.6 Å². The quantitative estimate of drug-likeness (QED) is 0.664. The summed E-state index contributed by atoms with van der Waals surface area (Å²) in [4.78, 5) is 13.2. The molecule has 1 aliphatic heterocycles. The van der Waals surface area contributed by atoms with E-state index in [-0.39, 0.29) is 12.3 Å². The van der Waals surface area contributed by atoms with E-state index in [4.69, 9.17) is 5.73 Å². The lowest BCUT2D eigenvalue weighted by Gasteiger charge is -2.20. The van der Waals surface area contributed by atoms with Crippen molar-refractivity contribution in [2.75, 3.05) is 17.2 Å². The van der Waals surface area contributed by atoms with E-state index in [0.717, 1.165) is 11.3 Å². The van der Waals surface area contributed by atoms with Gasteiger partial charge in [0.2, 0.25) is 5.91 Å². The lowest BCUT2D eigenvalue weighted by Crippen LogP contribution is -2.26. The smallest absolute Gasteiger partial charge is 0.229 e. The second kappa shape index (κ2) is 3.55. The molecule has 1 aliphatic rings. The molecular formula is C11H14N2O2. The number of amides is 1. The van der Waals surface area contributed by atoms with Gasteiger partial charge in [0.05, 0.1) is 30.4 Å². The highest BCUT2D eigenvalue weighted by molar-refractivity contribution is 5.99. The Hall–Kier alpha value is -1.55. The second-order valence-electron chi connectivity index (χ2n) is 3.88. The van der Waals surface area contributed by atoms with Crippen molar-refractivity contribution in [3.63, 3.8) is 0 Å². The highest BCUT2D eigenvalue weighted by Crippen LogP contribution is 2.30. The molecule has 4 heteroatoms. The Bertz CT molecular complexity index is 383. The molecular weight excluding hydrogens is 192 g/mol. The molecule has 1 atom stereocenters. The number of anilines is 2. The first-order valence-electron chi connectivity index (χ1n) is 4.93. The van der Waals surface area contributed by atoms with Crippen molar-refractivity contribution < 1.29 is 9.90 Å². The fourth-order valence-corrected chi connectivity index (χ4v) is 1.96. The molecule has 15 heavy (non-hydrogen) atoms. The molecule has 1 amide bonds. The highest BCUT2D eigenvalue weighted by atomic mass is 16.3. The number of aliphatic hydroxyl groups excluding tert-OH is 1. The predicted octanol–water partition coefficient (Wildman–Crippen LogP) is 0.675. The van der Waals surface area contributed by atoms with Gasteiger partial charge >= 0.3 is 0 Å². The van der Waals surface area contributed by atoms with Gasteiger partial charge in [0.15, 0.2) is 0 Å². The number of hydrogen-bond acceptors (Lipinski definition) is 3. The van der Waals surface area contributed by atoms with E-state index < -0.39 is 6.10 Å². The van der Waals surface area contributed by atoms with Crippen molar-refractivity contribution >= 4 is 17.3 Å². The third-order valence-corrected chi connectivity index (χ3v) is 2.64. The van der Waals surface area contributed by atoms with Gasteiger partial charge in [-0.2, -0.15) is 0 Å². The average Bonchev–Trinajstić information content (AvgIpc) is 2.45. The predicted molar refractivity (Wildman–Crippen MR) is 58.6 cm³/mol. The van der Waals surface area contributed by atoms with Gasteiger partial charge in [0, 0.05) is 0 Å². The standard InChI is InChI=1S/C11H14N2O2/c1-7-3-2-4-9(12)11(7)13-6-8(14)5-10(13)15/h2-4,8,14H,5-6,12H2,1H3. The lowest BCUT2D eigenvalue weighted by atomic mass is 10.1. The van der Waals surface area contributed by atoms with Crippen molar-refractivity contribution in [3.05, 3.63) is 23.8 Å². The summed E-state index contributed by atoms with van der Waals surface area (Å²) < 4.78 is 0. The summed E-state index contributed by atoms with van der Waals surface area (Å²) in [6.07, 6.45) is -0.384. The van der Waals surface area contributed by atoms with Gasteiger partial charge < -0.3 is 15.7 Å². The van der Waals surface area contributed by atoms with Crippen LogP contribution in [0, 0.1) is 6.92 Å². The number of nitrogens with zero attached hydrogens (tertiary/aromatic N) is 1. The molecule has 0 saturated carbocycles. The zero-order valence-corrected chi connectivity index (χ0v) is 8.60. The van der Waals surface area contributed by atoms with E-state index in [1.54, 1.807) is 11.0 Å². The zero-order chi connectivity index (χ0) is 11.0. The number of rotatable bonds is 1. The molecule has 2 rings (SSSR count). The summed E-state index contributed by atoms with van der Waals surface area (Å²) in [7, 11) is 0. The minimum absolute atomic E-state index is 0.0662. The molecule has 0 aromatic heterocycles. The van der Waals surface area contributed by atoms with Crippen LogP contribution >= 0.6 is 0 Å². The molecule has 1 aromatic rings. The third kappa shape index (κ3) is 1.68. The average molecular weight is 206 g/mol. The van der Waals surface area contributed by atoms with E-state index >= 15 is 0 Å². The highest BCUT2D eigenvalue weighted by Gasteiger charge is 2.30. The number of carbonyl (C=O) groups is 1. The van der Waals surface area contributed by atoms with E-state index in [0.29, 0.717) is 12.2 Å². The van der Waals surface area contributed by atoms with Crippen LogP contribution in [0.25, 0.3) is 0 Å². The number of nitrogens with two attached hydrogens (primary N) is 1. The molecule has 1 heterocycles. The first-order chi connectivity index (χ1) is 7.09. The Morgan fingerprint density at radius 1 is 1.53 bits per heavy atom. The van der Waals surface area contributed by atoms with Crippen LogP contribution in [0.3, 0.4) is 0 Å². The van der Waals surface area contributed by atoms with Crippen LogP contribution in [0.2, 0.25) is 0 Å². The minimum Gasteiger partial charge on any atom is -0.397 e. The molecule has 1 fully saturated rings. The molecule has 0 aliphatic carbocycles. The SMILES string of the molecule is Cc1cccc(N)c1N1CC(O)CC1=O. The molecule has 1 aromatic carbocycles. The first kappa shape index (κ1) is 9.98. The number of benzene rings is 1. The van der Waals surface area contributed by atoms with E-state index in [9.17, 15) is 9.90 Å². The molecule has 0 spiro atoms. The molecule has 1 unspecified atom stereocenters. The maximum atomic E-state index is 11.6. The summed E-state index contributed by atoms with van der Waals surface area (Å²) >= 11 is 0. The van der Waals surface area contributed by atoms with Crippen LogP contribution in [0.4, 0.5) is 11.4 Å². The van der Waals surface area contributed by atoms with Gasteiger partial charge in [-0.3, -0.25) is 4.79 Å². The second-order valence-corrected chi connectivity index (χ2v) is 3.88. The number of β-amino-alcohol motifs (C(OH)–C–C–N with tert-alkyl or cyclic N) is 1. The van der Waals surface area contributed by atoms with Gasteiger partial charge in [0.1, 0.15) is 0 Å². The Balaban J connectivity index is 2.41. The third-order valence-electron chi connectivity index (χ3n) is 2.64. The molecule has 0 bridgehead atoms. The van der Waals surface area contributed by atoms with Crippen LogP contribution in [0.15, 0.2) is 18.2 Å².